The van der Waals surface area contributed by atoms with Crippen molar-refractivity contribution < 1.29 is 13.2 Å². The maximum atomic E-state index is 13.1. The second-order valence-electron chi connectivity index (χ2n) is 6.36. The van der Waals surface area contributed by atoms with Gasteiger partial charge in [-0.2, -0.15) is 13.2 Å². The highest BCUT2D eigenvalue weighted by molar-refractivity contribution is 5.30. The minimum Gasteiger partial charge on any atom is -0.296 e. The van der Waals surface area contributed by atoms with E-state index in [1.807, 2.05) is 18.2 Å². The third-order valence-corrected chi connectivity index (χ3v) is 4.79. The molecular formula is C20H22F3N. The summed E-state index contributed by atoms with van der Waals surface area (Å²) in [6.45, 7) is 1.61. The lowest BCUT2D eigenvalue weighted by Gasteiger charge is -2.36. The van der Waals surface area contributed by atoms with Crippen LogP contribution >= 0.6 is 0 Å². The minimum absolute atomic E-state index is 0.318. The Bertz CT molecular complexity index is 651. The molecule has 1 nitrogen and oxygen atoms in total. The molecule has 4 heteroatoms. The van der Waals surface area contributed by atoms with Crippen LogP contribution in [0.2, 0.25) is 0 Å². The van der Waals surface area contributed by atoms with Crippen LogP contribution in [-0.2, 0) is 12.6 Å². The molecule has 0 saturated carbocycles. The third kappa shape index (κ3) is 3.99. The van der Waals surface area contributed by atoms with Crippen molar-refractivity contribution in [1.29, 1.82) is 0 Å². The Morgan fingerprint density at radius 2 is 1.62 bits per heavy atom. The number of likely N-dealkylation sites (tertiary alicyclic amines) is 1. The maximum absolute atomic E-state index is 13.1. The number of piperidine rings is 1. The van der Waals surface area contributed by atoms with Gasteiger partial charge >= 0.3 is 6.18 Å². The van der Waals surface area contributed by atoms with E-state index >= 15 is 0 Å². The van der Waals surface area contributed by atoms with Gasteiger partial charge in [0, 0.05) is 12.6 Å². The molecule has 1 aliphatic heterocycles. The monoisotopic (exact) mass is 333 g/mol. The molecule has 1 aliphatic rings. The predicted octanol–water partition coefficient (Wildman–Crippen LogP) is 5.48. The van der Waals surface area contributed by atoms with E-state index in [1.54, 1.807) is 12.1 Å². The summed E-state index contributed by atoms with van der Waals surface area (Å²) < 4.78 is 39.4. The first-order valence-electron chi connectivity index (χ1n) is 8.50. The molecule has 1 atom stereocenters. The second kappa shape index (κ2) is 7.39. The highest BCUT2D eigenvalue weighted by Gasteiger charge is 2.33. The molecule has 0 N–H and O–H groups in total. The summed E-state index contributed by atoms with van der Waals surface area (Å²) in [6, 6.07) is 16.5. The van der Waals surface area contributed by atoms with E-state index in [0.29, 0.717) is 24.6 Å². The first-order valence-corrected chi connectivity index (χ1v) is 8.50. The van der Waals surface area contributed by atoms with E-state index in [2.05, 4.69) is 17.0 Å². The zero-order valence-corrected chi connectivity index (χ0v) is 13.6. The third-order valence-electron chi connectivity index (χ3n) is 4.79. The molecule has 0 aliphatic carbocycles. The predicted molar refractivity (Wildman–Crippen MR) is 89.8 cm³/mol. The number of nitrogens with zero attached hydrogens (tertiary/aromatic N) is 1. The molecule has 2 aromatic carbocycles. The van der Waals surface area contributed by atoms with Gasteiger partial charge in [0.1, 0.15) is 0 Å². The van der Waals surface area contributed by atoms with E-state index in [4.69, 9.17) is 0 Å². The molecule has 1 unspecified atom stereocenters. The number of alkyl halides is 3. The molecule has 0 spiro atoms. The molecule has 1 fully saturated rings. The quantitative estimate of drug-likeness (QED) is 0.716. The second-order valence-corrected chi connectivity index (χ2v) is 6.36. The molecule has 3 rings (SSSR count). The van der Waals surface area contributed by atoms with Crippen LogP contribution in [0.1, 0.15) is 42.0 Å². The maximum Gasteiger partial charge on any atom is 0.416 e. The summed E-state index contributed by atoms with van der Waals surface area (Å²) in [7, 11) is 0. The van der Waals surface area contributed by atoms with Crippen molar-refractivity contribution in [2.45, 2.75) is 37.9 Å². The van der Waals surface area contributed by atoms with E-state index in [-0.39, 0.29) is 0 Å². The van der Waals surface area contributed by atoms with E-state index in [9.17, 15) is 13.2 Å². The summed E-state index contributed by atoms with van der Waals surface area (Å²) in [5.74, 6) is 0. The lowest BCUT2D eigenvalue weighted by atomic mass is 9.94. The SMILES string of the molecule is FC(F)(F)c1ccccc1CCN1CCCCC1c1ccccc1. The Balaban J connectivity index is 1.74. The van der Waals surface area contributed by atoms with Crippen LogP contribution < -0.4 is 0 Å². The van der Waals surface area contributed by atoms with Gasteiger partial charge in [-0.3, -0.25) is 4.90 Å². The van der Waals surface area contributed by atoms with E-state index < -0.39 is 11.7 Å². The summed E-state index contributed by atoms with van der Waals surface area (Å²) in [4.78, 5) is 2.34. The first kappa shape index (κ1) is 17.0. The highest BCUT2D eigenvalue weighted by atomic mass is 19.4. The normalized spacial score (nSPS) is 19.4. The Kier molecular flexibility index (Phi) is 5.24. The first-order chi connectivity index (χ1) is 11.6. The fourth-order valence-corrected chi connectivity index (χ4v) is 3.59. The van der Waals surface area contributed by atoms with Gasteiger partial charge in [0.05, 0.1) is 5.56 Å². The number of benzene rings is 2. The number of halogens is 3. The number of hydrogen-bond acceptors (Lipinski definition) is 1. The zero-order valence-electron chi connectivity index (χ0n) is 13.6. The molecule has 0 bridgehead atoms. The smallest absolute Gasteiger partial charge is 0.296 e. The molecular weight excluding hydrogens is 311 g/mol. The summed E-state index contributed by atoms with van der Waals surface area (Å²) >= 11 is 0. The molecule has 2 aromatic rings. The fourth-order valence-electron chi connectivity index (χ4n) is 3.59. The van der Waals surface area contributed by atoms with Gasteiger partial charge in [-0.15, -0.1) is 0 Å². The number of rotatable bonds is 4. The van der Waals surface area contributed by atoms with Gasteiger partial charge in [-0.05, 0) is 43.0 Å². The van der Waals surface area contributed by atoms with Gasteiger partial charge in [0.15, 0.2) is 0 Å². The van der Waals surface area contributed by atoms with Crippen molar-refractivity contribution >= 4 is 0 Å². The summed E-state index contributed by atoms with van der Waals surface area (Å²) in [5.41, 5.74) is 1.15. The Morgan fingerprint density at radius 3 is 2.38 bits per heavy atom. The molecule has 0 radical (unpaired) electrons. The van der Waals surface area contributed by atoms with Crippen LogP contribution in [0.4, 0.5) is 13.2 Å². The largest absolute Gasteiger partial charge is 0.416 e. The van der Waals surface area contributed by atoms with Crippen molar-refractivity contribution in [3.63, 3.8) is 0 Å². The van der Waals surface area contributed by atoms with Crippen molar-refractivity contribution in [2.24, 2.45) is 0 Å². The number of hydrogen-bond donors (Lipinski definition) is 0. The molecule has 24 heavy (non-hydrogen) atoms. The van der Waals surface area contributed by atoms with E-state index in [0.717, 1.165) is 19.4 Å². The van der Waals surface area contributed by atoms with Crippen molar-refractivity contribution in [1.82, 2.24) is 4.90 Å². The zero-order chi connectivity index (χ0) is 17.0. The molecule has 0 aromatic heterocycles. The van der Waals surface area contributed by atoms with Crippen LogP contribution in [0.3, 0.4) is 0 Å². The van der Waals surface area contributed by atoms with Crippen LogP contribution in [-0.4, -0.2) is 18.0 Å². The Hall–Kier alpha value is -1.81. The Morgan fingerprint density at radius 1 is 0.917 bits per heavy atom. The van der Waals surface area contributed by atoms with Gasteiger partial charge in [0.25, 0.3) is 0 Å². The molecule has 128 valence electrons. The van der Waals surface area contributed by atoms with Crippen molar-refractivity contribution in [3.05, 3.63) is 71.3 Å². The molecule has 1 heterocycles. The average Bonchev–Trinajstić information content (AvgIpc) is 2.60. The average molecular weight is 333 g/mol. The van der Waals surface area contributed by atoms with Gasteiger partial charge < -0.3 is 0 Å². The standard InChI is InChI=1S/C20H22F3N/c21-20(22,23)18-11-5-4-8-16(18)13-15-24-14-7-6-12-19(24)17-9-2-1-3-10-17/h1-5,8-11,19H,6-7,12-15H2. The van der Waals surface area contributed by atoms with Crippen LogP contribution in [0.15, 0.2) is 54.6 Å². The van der Waals surface area contributed by atoms with Crippen molar-refractivity contribution in [3.8, 4) is 0 Å². The van der Waals surface area contributed by atoms with Crippen LogP contribution in [0.5, 0.6) is 0 Å². The fraction of sp³-hybridized carbons (Fsp3) is 0.400. The topological polar surface area (TPSA) is 3.24 Å². The van der Waals surface area contributed by atoms with Gasteiger partial charge in [-0.25, -0.2) is 0 Å². The van der Waals surface area contributed by atoms with Crippen molar-refractivity contribution in [2.75, 3.05) is 13.1 Å². The van der Waals surface area contributed by atoms with Crippen LogP contribution in [0.25, 0.3) is 0 Å². The molecule has 0 amide bonds. The summed E-state index contributed by atoms with van der Waals surface area (Å²) in [5, 5.41) is 0. The summed E-state index contributed by atoms with van der Waals surface area (Å²) in [6.07, 6.45) is -0.485. The van der Waals surface area contributed by atoms with Crippen LogP contribution in [0, 0.1) is 0 Å². The lowest BCUT2D eigenvalue weighted by molar-refractivity contribution is -0.138. The van der Waals surface area contributed by atoms with E-state index in [1.165, 1.54) is 24.1 Å². The molecule has 1 saturated heterocycles. The minimum atomic E-state index is -4.28. The Labute approximate surface area is 141 Å². The van der Waals surface area contributed by atoms with Gasteiger partial charge in [-0.1, -0.05) is 55.0 Å². The lowest BCUT2D eigenvalue weighted by Crippen LogP contribution is -2.35. The van der Waals surface area contributed by atoms with Gasteiger partial charge in [0.2, 0.25) is 0 Å². The highest BCUT2D eigenvalue weighted by Crippen LogP contribution is 2.34.